The lowest BCUT2D eigenvalue weighted by atomic mass is 10.1. The summed E-state index contributed by atoms with van der Waals surface area (Å²) in [6.45, 7) is 3.73. The second-order valence-corrected chi connectivity index (χ2v) is 4.41. The quantitative estimate of drug-likeness (QED) is 0.224. The van der Waals surface area contributed by atoms with Gasteiger partial charge in [0.25, 0.3) is 0 Å². The van der Waals surface area contributed by atoms with Crippen molar-refractivity contribution in [3.05, 3.63) is 63.6 Å². The van der Waals surface area contributed by atoms with E-state index in [4.69, 9.17) is 16.6 Å². The first kappa shape index (κ1) is 18.5. The molecule has 1 rings (SSSR count). The van der Waals surface area contributed by atoms with E-state index in [2.05, 4.69) is 22.8 Å². The number of amidine groups is 1. The maximum atomic E-state index is 10.5. The van der Waals surface area contributed by atoms with Gasteiger partial charge in [0.1, 0.15) is 4.92 Å². The third kappa shape index (κ3) is 5.70. The molecule has 0 aliphatic heterocycles. The van der Waals surface area contributed by atoms with E-state index in [1.807, 2.05) is 32.1 Å². The van der Waals surface area contributed by atoms with E-state index in [0.717, 1.165) is 5.57 Å². The Morgan fingerprint density at radius 3 is 2.79 bits per heavy atom. The van der Waals surface area contributed by atoms with Crippen LogP contribution in [0.4, 0.5) is 5.88 Å². The molecule has 0 bridgehead atoms. The summed E-state index contributed by atoms with van der Waals surface area (Å²) in [5, 5.41) is 10.5. The van der Waals surface area contributed by atoms with Crippen LogP contribution < -0.4 is 5.73 Å². The van der Waals surface area contributed by atoms with Crippen LogP contribution in [0.3, 0.4) is 0 Å². The number of allylic oxidation sites excluding steroid dienone is 5. The van der Waals surface area contributed by atoms with Gasteiger partial charge in [-0.3, -0.25) is 10.1 Å². The fraction of sp³-hybridized carbons (Fsp3) is 0.167. The highest BCUT2D eigenvalue weighted by Gasteiger charge is 2.10. The molecule has 122 valence electrons. The van der Waals surface area contributed by atoms with Gasteiger partial charge in [0.15, 0.2) is 11.6 Å². The van der Waals surface area contributed by atoms with E-state index >= 15 is 0 Å². The molecule has 0 radical (unpaired) electrons. The fourth-order valence-corrected chi connectivity index (χ4v) is 1.63. The maximum Gasteiger partial charge on any atom is 0.434 e. The van der Waals surface area contributed by atoms with Crippen molar-refractivity contribution in [3.63, 3.8) is 0 Å². The molecule has 0 aromatic carbocycles. The number of hydrogen-bond acceptors (Lipinski definition) is 4. The SMILES string of the molecule is C#CCC(=C/C)/C(=C\C=C/C)N=C(N)C#Cc1ccc([N+](=O)[O-])o1. The molecule has 0 aliphatic rings. The van der Waals surface area contributed by atoms with Crippen LogP contribution in [0.1, 0.15) is 26.0 Å². The standard InChI is InChI=1S/C18H17N3O3/c1-4-7-9-16(14(6-3)8-5-2)20-17(19)12-10-15-11-13-18(24-15)21(22)23/h2,4,6-7,9,11,13H,8H2,1,3H3,(H2,19,20)/b7-4-,14-6-,16-9+. The van der Waals surface area contributed by atoms with Crippen molar-refractivity contribution in [2.75, 3.05) is 0 Å². The van der Waals surface area contributed by atoms with Crippen LogP contribution in [0.15, 0.2) is 57.1 Å². The third-order valence-electron chi connectivity index (χ3n) is 2.74. The molecule has 1 aromatic rings. The van der Waals surface area contributed by atoms with E-state index in [-0.39, 0.29) is 17.5 Å². The van der Waals surface area contributed by atoms with Crippen molar-refractivity contribution in [1.82, 2.24) is 0 Å². The molecule has 0 spiro atoms. The van der Waals surface area contributed by atoms with Crippen LogP contribution in [0.25, 0.3) is 0 Å². The van der Waals surface area contributed by atoms with Crippen LogP contribution >= 0.6 is 0 Å². The van der Waals surface area contributed by atoms with Gasteiger partial charge in [0.05, 0.1) is 11.8 Å². The molecule has 0 atom stereocenters. The summed E-state index contributed by atoms with van der Waals surface area (Å²) < 4.78 is 4.93. The van der Waals surface area contributed by atoms with E-state index in [0.29, 0.717) is 12.1 Å². The van der Waals surface area contributed by atoms with E-state index in [9.17, 15) is 10.1 Å². The molecule has 6 nitrogen and oxygen atoms in total. The van der Waals surface area contributed by atoms with E-state index in [1.165, 1.54) is 12.1 Å². The average molecular weight is 323 g/mol. The van der Waals surface area contributed by atoms with Gasteiger partial charge in [-0.05, 0) is 37.3 Å². The number of nitrogens with two attached hydrogens (primary N) is 1. The van der Waals surface area contributed by atoms with Gasteiger partial charge in [-0.1, -0.05) is 18.2 Å². The number of nitro groups is 1. The van der Waals surface area contributed by atoms with Gasteiger partial charge < -0.3 is 10.2 Å². The van der Waals surface area contributed by atoms with Crippen molar-refractivity contribution < 1.29 is 9.34 Å². The Kier molecular flexibility index (Phi) is 7.33. The molecule has 0 amide bonds. The first-order valence-corrected chi connectivity index (χ1v) is 7.04. The number of terminal acetylenes is 1. The molecule has 6 heteroatoms. The van der Waals surface area contributed by atoms with E-state index in [1.54, 1.807) is 6.08 Å². The van der Waals surface area contributed by atoms with Crippen LogP contribution in [-0.2, 0) is 0 Å². The summed E-state index contributed by atoms with van der Waals surface area (Å²) in [5.74, 6) is 7.54. The van der Waals surface area contributed by atoms with Gasteiger partial charge >= 0.3 is 5.88 Å². The number of hydrogen-bond donors (Lipinski definition) is 1. The molecule has 24 heavy (non-hydrogen) atoms. The zero-order valence-electron chi connectivity index (χ0n) is 13.4. The lowest BCUT2D eigenvalue weighted by molar-refractivity contribution is -0.402. The Bertz CT molecular complexity index is 822. The smallest absolute Gasteiger partial charge is 0.392 e. The van der Waals surface area contributed by atoms with Crippen molar-refractivity contribution in [2.24, 2.45) is 10.7 Å². The molecular weight excluding hydrogens is 306 g/mol. The van der Waals surface area contributed by atoms with Gasteiger partial charge in [-0.25, -0.2) is 4.99 Å². The predicted octanol–water partition coefficient (Wildman–Crippen LogP) is 3.33. The Morgan fingerprint density at radius 2 is 2.25 bits per heavy atom. The zero-order valence-corrected chi connectivity index (χ0v) is 13.4. The monoisotopic (exact) mass is 323 g/mol. The summed E-state index contributed by atoms with van der Waals surface area (Å²) in [6.07, 6.45) is 13.1. The number of nitrogens with zero attached hydrogens (tertiary/aromatic N) is 2. The van der Waals surface area contributed by atoms with Gasteiger partial charge in [0, 0.05) is 12.5 Å². The first-order chi connectivity index (χ1) is 11.5. The highest BCUT2D eigenvalue weighted by atomic mass is 16.6. The maximum absolute atomic E-state index is 10.5. The molecule has 1 aromatic heterocycles. The summed E-state index contributed by atoms with van der Waals surface area (Å²) in [7, 11) is 0. The summed E-state index contributed by atoms with van der Waals surface area (Å²) >= 11 is 0. The molecule has 0 saturated heterocycles. The van der Waals surface area contributed by atoms with Crippen molar-refractivity contribution in [1.29, 1.82) is 0 Å². The molecule has 0 unspecified atom stereocenters. The lowest BCUT2D eigenvalue weighted by Crippen LogP contribution is -2.09. The second kappa shape index (κ2) is 9.50. The van der Waals surface area contributed by atoms with E-state index < -0.39 is 4.92 Å². The summed E-state index contributed by atoms with van der Waals surface area (Å²) in [4.78, 5) is 14.2. The minimum atomic E-state index is -0.640. The van der Waals surface area contributed by atoms with Crippen molar-refractivity contribution in [3.8, 4) is 24.2 Å². The highest BCUT2D eigenvalue weighted by molar-refractivity contribution is 5.98. The van der Waals surface area contributed by atoms with Gasteiger partial charge in [-0.15, -0.1) is 12.3 Å². The zero-order chi connectivity index (χ0) is 17.9. The lowest BCUT2D eigenvalue weighted by Gasteiger charge is -2.03. The minimum absolute atomic E-state index is 0.0428. The van der Waals surface area contributed by atoms with Crippen molar-refractivity contribution >= 4 is 11.7 Å². The predicted molar refractivity (Wildman–Crippen MR) is 94.0 cm³/mol. The molecule has 0 aliphatic carbocycles. The van der Waals surface area contributed by atoms with Crippen LogP contribution in [0, 0.1) is 34.3 Å². The Morgan fingerprint density at radius 1 is 1.50 bits per heavy atom. The van der Waals surface area contributed by atoms with Crippen molar-refractivity contribution in [2.45, 2.75) is 20.3 Å². The van der Waals surface area contributed by atoms with Gasteiger partial charge in [-0.2, -0.15) is 0 Å². The molecular formula is C18H17N3O3. The van der Waals surface area contributed by atoms with Gasteiger partial charge in [0.2, 0.25) is 0 Å². The highest BCUT2D eigenvalue weighted by Crippen LogP contribution is 2.16. The normalized spacial score (nSPS) is 12.6. The summed E-state index contributed by atoms with van der Waals surface area (Å²) in [6, 6.07) is 2.62. The molecule has 0 saturated carbocycles. The fourth-order valence-electron chi connectivity index (χ4n) is 1.63. The number of rotatable bonds is 5. The topological polar surface area (TPSA) is 94.7 Å². The third-order valence-corrected chi connectivity index (χ3v) is 2.74. The Labute approximate surface area is 140 Å². The molecule has 2 N–H and O–H groups in total. The number of furan rings is 1. The minimum Gasteiger partial charge on any atom is -0.392 e. The molecule has 0 fully saturated rings. The average Bonchev–Trinajstić information content (AvgIpc) is 3.04. The van der Waals surface area contributed by atoms with Crippen LogP contribution in [0.2, 0.25) is 0 Å². The Hall–Kier alpha value is -3.51. The van der Waals surface area contributed by atoms with Crippen LogP contribution in [0.5, 0.6) is 0 Å². The largest absolute Gasteiger partial charge is 0.434 e. The summed E-state index contributed by atoms with van der Waals surface area (Å²) in [5.41, 5.74) is 7.25. The molecule has 1 heterocycles. The Balaban J connectivity index is 3.08. The first-order valence-electron chi connectivity index (χ1n) is 7.04. The van der Waals surface area contributed by atoms with Crippen LogP contribution in [-0.4, -0.2) is 10.8 Å². The number of aliphatic imine (C=N–C) groups is 1. The second-order valence-electron chi connectivity index (χ2n) is 4.41.